The average molecular weight is 362 g/mol. The van der Waals surface area contributed by atoms with Crippen molar-refractivity contribution in [3.05, 3.63) is 65.2 Å². The van der Waals surface area contributed by atoms with Crippen LogP contribution in [0.5, 0.6) is 5.75 Å². The lowest BCUT2D eigenvalue weighted by molar-refractivity contribution is -0.121. The summed E-state index contributed by atoms with van der Waals surface area (Å²) in [7, 11) is 0. The molecule has 2 rings (SSSR count). The predicted molar refractivity (Wildman–Crippen MR) is 96.4 cm³/mol. The van der Waals surface area contributed by atoms with E-state index >= 15 is 0 Å². The number of nitrogens with two attached hydrogens (primary N) is 1. The van der Waals surface area contributed by atoms with Gasteiger partial charge in [-0.25, -0.2) is 8.78 Å². The summed E-state index contributed by atoms with van der Waals surface area (Å²) in [5, 5.41) is 3.18. The van der Waals surface area contributed by atoms with Crippen LogP contribution >= 0.6 is 0 Å². The highest BCUT2D eigenvalue weighted by Crippen LogP contribution is 2.16. The Kier molecular flexibility index (Phi) is 7.09. The molecule has 2 atom stereocenters. The zero-order valence-electron chi connectivity index (χ0n) is 15.0. The second kappa shape index (κ2) is 9.29. The van der Waals surface area contributed by atoms with Crippen LogP contribution in [-0.2, 0) is 17.9 Å². The van der Waals surface area contributed by atoms with Gasteiger partial charge in [-0.05, 0) is 41.3 Å². The molecule has 0 aliphatic rings. The number of ether oxygens (including phenoxy) is 1. The van der Waals surface area contributed by atoms with Gasteiger partial charge in [-0.3, -0.25) is 4.79 Å². The zero-order valence-corrected chi connectivity index (χ0v) is 15.0. The summed E-state index contributed by atoms with van der Waals surface area (Å²) in [6, 6.07) is 10.2. The molecule has 0 aromatic heterocycles. The fraction of sp³-hybridized carbons (Fsp3) is 0.350. The van der Waals surface area contributed by atoms with Gasteiger partial charge in [-0.15, -0.1) is 0 Å². The van der Waals surface area contributed by atoms with E-state index in [0.717, 1.165) is 18.1 Å². The SMILES string of the molecule is CCC(C)C(NCc1ccc(OCc2cc(F)cc(F)c2)cc1)C(N)=O. The minimum absolute atomic E-state index is 0.0735. The van der Waals surface area contributed by atoms with Crippen LogP contribution in [0.3, 0.4) is 0 Å². The summed E-state index contributed by atoms with van der Waals surface area (Å²) >= 11 is 0. The van der Waals surface area contributed by atoms with E-state index in [9.17, 15) is 13.6 Å². The second-order valence-electron chi connectivity index (χ2n) is 6.36. The Hall–Kier alpha value is -2.47. The van der Waals surface area contributed by atoms with Crippen molar-refractivity contribution in [2.75, 3.05) is 0 Å². The van der Waals surface area contributed by atoms with Crippen molar-refractivity contribution in [1.82, 2.24) is 5.32 Å². The Labute approximate surface area is 152 Å². The fourth-order valence-corrected chi connectivity index (χ4v) is 2.61. The van der Waals surface area contributed by atoms with E-state index in [0.29, 0.717) is 17.9 Å². The Balaban J connectivity index is 1.90. The molecule has 0 heterocycles. The first-order chi connectivity index (χ1) is 12.4. The first-order valence-corrected chi connectivity index (χ1v) is 8.58. The highest BCUT2D eigenvalue weighted by atomic mass is 19.1. The molecule has 0 fully saturated rings. The third kappa shape index (κ3) is 5.81. The van der Waals surface area contributed by atoms with Gasteiger partial charge in [-0.1, -0.05) is 32.4 Å². The van der Waals surface area contributed by atoms with Crippen LogP contribution in [0.2, 0.25) is 0 Å². The van der Waals surface area contributed by atoms with E-state index in [1.807, 2.05) is 26.0 Å². The summed E-state index contributed by atoms with van der Waals surface area (Å²) in [6.07, 6.45) is 0.855. The molecule has 0 saturated heterocycles. The van der Waals surface area contributed by atoms with E-state index in [1.54, 1.807) is 12.1 Å². The molecule has 0 aliphatic heterocycles. The van der Waals surface area contributed by atoms with E-state index in [2.05, 4.69) is 5.32 Å². The molecule has 6 heteroatoms. The molecule has 0 bridgehead atoms. The van der Waals surface area contributed by atoms with Crippen molar-refractivity contribution in [3.8, 4) is 5.75 Å². The molecule has 0 spiro atoms. The standard InChI is InChI=1S/C20H24F2N2O2/c1-3-13(2)19(20(23)25)24-11-14-4-6-18(7-5-14)26-12-15-8-16(21)10-17(22)9-15/h4-10,13,19,24H,3,11-12H2,1-2H3,(H2,23,25). The van der Waals surface area contributed by atoms with E-state index in [1.165, 1.54) is 12.1 Å². The van der Waals surface area contributed by atoms with Crippen LogP contribution < -0.4 is 15.8 Å². The Morgan fingerprint density at radius 3 is 2.27 bits per heavy atom. The van der Waals surface area contributed by atoms with Crippen LogP contribution in [0.25, 0.3) is 0 Å². The van der Waals surface area contributed by atoms with Gasteiger partial charge in [0.05, 0.1) is 6.04 Å². The molecule has 0 radical (unpaired) electrons. The van der Waals surface area contributed by atoms with E-state index in [-0.39, 0.29) is 24.5 Å². The molecule has 26 heavy (non-hydrogen) atoms. The van der Waals surface area contributed by atoms with Crippen LogP contribution in [-0.4, -0.2) is 11.9 Å². The van der Waals surface area contributed by atoms with Crippen LogP contribution in [0, 0.1) is 17.6 Å². The van der Waals surface area contributed by atoms with Gasteiger partial charge in [0.1, 0.15) is 24.0 Å². The number of halogens is 2. The third-order valence-electron chi connectivity index (χ3n) is 4.30. The normalized spacial score (nSPS) is 13.2. The molecule has 140 valence electrons. The van der Waals surface area contributed by atoms with Crippen molar-refractivity contribution in [3.63, 3.8) is 0 Å². The Morgan fingerprint density at radius 2 is 1.73 bits per heavy atom. The monoisotopic (exact) mass is 362 g/mol. The van der Waals surface area contributed by atoms with E-state index < -0.39 is 11.6 Å². The number of carbonyl (C=O) groups excluding carboxylic acids is 1. The number of hydrogen-bond acceptors (Lipinski definition) is 3. The summed E-state index contributed by atoms with van der Waals surface area (Å²) in [6.45, 7) is 4.57. The van der Waals surface area contributed by atoms with Crippen LogP contribution in [0.1, 0.15) is 31.4 Å². The third-order valence-corrected chi connectivity index (χ3v) is 4.30. The van der Waals surface area contributed by atoms with Crippen molar-refractivity contribution in [2.24, 2.45) is 11.7 Å². The number of rotatable bonds is 9. The lowest BCUT2D eigenvalue weighted by Crippen LogP contribution is -2.45. The van der Waals surface area contributed by atoms with Crippen molar-refractivity contribution < 1.29 is 18.3 Å². The highest BCUT2D eigenvalue weighted by Gasteiger charge is 2.20. The molecular weight excluding hydrogens is 338 g/mol. The first-order valence-electron chi connectivity index (χ1n) is 8.58. The maximum absolute atomic E-state index is 13.2. The lowest BCUT2D eigenvalue weighted by Gasteiger charge is -2.21. The van der Waals surface area contributed by atoms with Crippen molar-refractivity contribution in [1.29, 1.82) is 0 Å². The molecule has 0 aliphatic carbocycles. The van der Waals surface area contributed by atoms with Gasteiger partial charge in [0.2, 0.25) is 5.91 Å². The van der Waals surface area contributed by atoms with Gasteiger partial charge in [0.25, 0.3) is 0 Å². The van der Waals surface area contributed by atoms with Gasteiger partial charge < -0.3 is 15.8 Å². The summed E-state index contributed by atoms with van der Waals surface area (Å²) in [4.78, 5) is 11.5. The second-order valence-corrected chi connectivity index (χ2v) is 6.36. The number of carbonyl (C=O) groups is 1. The summed E-state index contributed by atoms with van der Waals surface area (Å²) in [5.41, 5.74) is 6.84. The number of hydrogen-bond donors (Lipinski definition) is 2. The first kappa shape index (κ1) is 19.8. The quantitative estimate of drug-likeness (QED) is 0.717. The summed E-state index contributed by atoms with van der Waals surface area (Å²) < 4.78 is 31.9. The number of nitrogens with one attached hydrogen (secondary N) is 1. The average Bonchev–Trinajstić information content (AvgIpc) is 2.59. The fourth-order valence-electron chi connectivity index (χ4n) is 2.61. The smallest absolute Gasteiger partial charge is 0.234 e. The largest absolute Gasteiger partial charge is 0.489 e. The predicted octanol–water partition coefficient (Wildman–Crippen LogP) is 3.53. The summed E-state index contributed by atoms with van der Waals surface area (Å²) in [5.74, 6) is -0.874. The zero-order chi connectivity index (χ0) is 19.1. The number of benzene rings is 2. The molecule has 0 saturated carbocycles. The number of primary amides is 1. The minimum atomic E-state index is -0.629. The molecule has 1 amide bonds. The number of amides is 1. The maximum atomic E-state index is 13.2. The lowest BCUT2D eigenvalue weighted by atomic mass is 9.98. The molecule has 4 nitrogen and oxygen atoms in total. The van der Waals surface area contributed by atoms with Crippen molar-refractivity contribution in [2.45, 2.75) is 39.5 Å². The van der Waals surface area contributed by atoms with Crippen LogP contribution in [0.4, 0.5) is 8.78 Å². The van der Waals surface area contributed by atoms with Crippen molar-refractivity contribution >= 4 is 5.91 Å². The highest BCUT2D eigenvalue weighted by molar-refractivity contribution is 5.80. The maximum Gasteiger partial charge on any atom is 0.234 e. The van der Waals surface area contributed by atoms with Gasteiger partial charge in [0.15, 0.2) is 0 Å². The minimum Gasteiger partial charge on any atom is -0.489 e. The Morgan fingerprint density at radius 1 is 1.12 bits per heavy atom. The molecular formula is C20H24F2N2O2. The molecule has 2 aromatic carbocycles. The van der Waals surface area contributed by atoms with Gasteiger partial charge >= 0.3 is 0 Å². The topological polar surface area (TPSA) is 64.3 Å². The Bertz CT molecular complexity index is 715. The molecule has 2 unspecified atom stereocenters. The molecule has 2 aromatic rings. The van der Waals surface area contributed by atoms with Gasteiger partial charge in [0, 0.05) is 12.6 Å². The molecule has 3 N–H and O–H groups in total. The van der Waals surface area contributed by atoms with Crippen LogP contribution in [0.15, 0.2) is 42.5 Å². The van der Waals surface area contributed by atoms with Gasteiger partial charge in [-0.2, -0.15) is 0 Å². The van der Waals surface area contributed by atoms with E-state index in [4.69, 9.17) is 10.5 Å².